The second-order valence-electron chi connectivity index (χ2n) is 13.5. The molecular weight excluding hydrogens is 902 g/mol. The van der Waals surface area contributed by atoms with E-state index in [1.54, 1.807) is 13.8 Å². The molecule has 0 fully saturated rings. The van der Waals surface area contributed by atoms with Crippen LogP contribution in [0.25, 0.3) is 0 Å². The van der Waals surface area contributed by atoms with Crippen LogP contribution in [0.4, 0.5) is 9.59 Å². The third kappa shape index (κ3) is 15.8. The molecular formula is C44H50N4O10Se2. The summed E-state index contributed by atoms with van der Waals surface area (Å²) >= 11 is -0.731. The second-order valence-corrected chi connectivity index (χ2v) is 21.6. The van der Waals surface area contributed by atoms with Crippen molar-refractivity contribution in [1.82, 2.24) is 21.3 Å². The summed E-state index contributed by atoms with van der Waals surface area (Å²) in [7, 11) is 2.44. The van der Waals surface area contributed by atoms with Gasteiger partial charge in [0.05, 0.1) is 0 Å². The van der Waals surface area contributed by atoms with E-state index in [1.165, 1.54) is 14.2 Å². The molecule has 0 radical (unpaired) electrons. The fourth-order valence-corrected chi connectivity index (χ4v) is 13.9. The first kappa shape index (κ1) is 47.0. The molecule has 0 bridgehead atoms. The number of carbonyl (C=O) groups excluding carboxylic acids is 6. The summed E-state index contributed by atoms with van der Waals surface area (Å²) in [6.45, 7) is 3.57. The van der Waals surface area contributed by atoms with Gasteiger partial charge in [-0.2, -0.15) is 0 Å². The molecule has 0 aliphatic rings. The Labute approximate surface area is 361 Å². The van der Waals surface area contributed by atoms with Gasteiger partial charge in [-0.1, -0.05) is 12.1 Å². The first-order valence-corrected chi connectivity index (χ1v) is 25.4. The predicted octanol–water partition coefficient (Wildman–Crippen LogP) is 4.32. The van der Waals surface area contributed by atoms with Crippen LogP contribution < -0.4 is 21.3 Å². The summed E-state index contributed by atoms with van der Waals surface area (Å²) in [6, 6.07) is 32.0. The van der Waals surface area contributed by atoms with Crippen LogP contribution in [-0.2, 0) is 64.2 Å². The van der Waals surface area contributed by atoms with Crippen molar-refractivity contribution in [1.29, 1.82) is 0 Å². The van der Waals surface area contributed by atoms with Crippen LogP contribution in [0.3, 0.4) is 0 Å². The van der Waals surface area contributed by atoms with Crippen molar-refractivity contribution in [3.63, 3.8) is 0 Å². The zero-order valence-electron chi connectivity index (χ0n) is 33.7. The fraction of sp³-hybridized carbons (Fsp3) is 0.318. The summed E-state index contributed by atoms with van der Waals surface area (Å²) in [6.07, 6.45) is -1.37. The minimum absolute atomic E-state index is 0.00450. The third-order valence-corrected chi connectivity index (χ3v) is 19.5. The molecule has 0 unspecified atom stereocenters. The minimum atomic E-state index is -1.10. The number of alkyl carbamates (subject to hydrolysis) is 2. The molecule has 4 rings (SSSR count). The molecule has 6 atom stereocenters. The SMILES string of the molecule is COC(=O)[C@@H](NC(=O)[C@H](Cc1ccccc1)NC(=O)OCc1ccccc1)[C@H](C)[Se][Se][C@@H](C)[C@H](NC(=O)[C@H](Cc1ccccc1)NC(=O)OCc1ccccc1)C(=O)OC. The summed E-state index contributed by atoms with van der Waals surface area (Å²) in [5, 5.41) is 10.9. The third-order valence-electron chi connectivity index (χ3n) is 9.01. The molecule has 0 aromatic heterocycles. The van der Waals surface area contributed by atoms with Crippen LogP contribution in [0, 0.1) is 0 Å². The van der Waals surface area contributed by atoms with Gasteiger partial charge in [-0.05, 0) is 0 Å². The molecule has 0 saturated heterocycles. The Morgan fingerprint density at radius 1 is 0.467 bits per heavy atom. The number of esters is 2. The number of hydrogen-bond donors (Lipinski definition) is 4. The molecule has 60 heavy (non-hydrogen) atoms. The summed E-state index contributed by atoms with van der Waals surface area (Å²) in [5.74, 6) is -2.60. The average Bonchev–Trinajstić information content (AvgIpc) is 3.27. The summed E-state index contributed by atoms with van der Waals surface area (Å²) < 4.78 is 21.0. The molecule has 4 N–H and O–H groups in total. The number of benzene rings is 4. The number of nitrogens with one attached hydrogen (secondary N) is 4. The Hall–Kier alpha value is -5.66. The van der Waals surface area contributed by atoms with Gasteiger partial charge in [0.25, 0.3) is 0 Å². The summed E-state index contributed by atoms with van der Waals surface area (Å²) in [4.78, 5) is 78.9. The Bertz CT molecular complexity index is 1840. The number of amides is 4. The molecule has 14 nitrogen and oxygen atoms in total. The topological polar surface area (TPSA) is 187 Å². The van der Waals surface area contributed by atoms with E-state index in [1.807, 2.05) is 121 Å². The normalized spacial score (nSPS) is 13.7. The van der Waals surface area contributed by atoms with Crippen molar-refractivity contribution in [2.24, 2.45) is 0 Å². The van der Waals surface area contributed by atoms with Crippen molar-refractivity contribution in [3.8, 4) is 0 Å². The van der Waals surface area contributed by atoms with Crippen molar-refractivity contribution >= 4 is 62.2 Å². The van der Waals surface area contributed by atoms with Crippen molar-refractivity contribution < 1.29 is 47.7 Å². The van der Waals surface area contributed by atoms with Crippen LogP contribution in [0.15, 0.2) is 121 Å². The van der Waals surface area contributed by atoms with E-state index in [-0.39, 0.29) is 52.3 Å². The first-order chi connectivity index (χ1) is 29.0. The fourth-order valence-electron chi connectivity index (χ4n) is 5.72. The monoisotopic (exact) mass is 954 g/mol. The van der Waals surface area contributed by atoms with E-state index in [2.05, 4.69) is 21.3 Å². The zero-order chi connectivity index (χ0) is 43.3. The van der Waals surface area contributed by atoms with Crippen molar-refractivity contribution in [2.45, 2.75) is 73.7 Å². The number of ether oxygens (including phenoxy) is 4. The Balaban J connectivity index is 1.43. The van der Waals surface area contributed by atoms with Crippen LogP contribution in [0.1, 0.15) is 36.1 Å². The van der Waals surface area contributed by atoms with E-state index >= 15 is 0 Å². The molecule has 4 amide bonds. The standard InChI is InChI=1S/C44H50N4O10Se2/c1-29(37(41(51)55-3)47-39(49)35(25-31-17-9-5-10-18-31)45-43(53)57-27-33-21-13-7-14-22-33)59-60-30(2)38(42(52)56-4)48-40(50)36(26-32-19-11-6-12-20-32)46-44(54)58-28-34-23-15-8-16-24-34/h5-24,29-30,35-38H,25-28H2,1-4H3,(H,45,53)(H,46,54)(H,47,49)(H,48,50)/t29-,30-,35-,36-,37-,38-/m0/s1. The van der Waals surface area contributed by atoms with Gasteiger partial charge in [0, 0.05) is 0 Å². The second kappa shape index (κ2) is 25.1. The van der Waals surface area contributed by atoms with E-state index in [4.69, 9.17) is 18.9 Å². The Morgan fingerprint density at radius 2 is 0.767 bits per heavy atom. The molecule has 0 aliphatic carbocycles. The van der Waals surface area contributed by atoms with Gasteiger partial charge in [-0.15, -0.1) is 0 Å². The maximum atomic E-state index is 13.8. The van der Waals surface area contributed by atoms with Crippen LogP contribution in [0.5, 0.6) is 0 Å². The number of hydrogen-bond acceptors (Lipinski definition) is 10. The van der Waals surface area contributed by atoms with Crippen LogP contribution >= 0.6 is 0 Å². The van der Waals surface area contributed by atoms with Crippen molar-refractivity contribution in [3.05, 3.63) is 144 Å². The van der Waals surface area contributed by atoms with Gasteiger partial charge >= 0.3 is 351 Å². The number of rotatable bonds is 21. The average molecular weight is 953 g/mol. The quantitative estimate of drug-likeness (QED) is 0.0533. The number of methoxy groups -OCH3 is 2. The zero-order valence-corrected chi connectivity index (χ0v) is 37.2. The van der Waals surface area contributed by atoms with E-state index < -0.39 is 69.7 Å². The predicted molar refractivity (Wildman–Crippen MR) is 226 cm³/mol. The maximum absolute atomic E-state index is 13.8. The van der Waals surface area contributed by atoms with E-state index in [0.29, 0.717) is 0 Å². The van der Waals surface area contributed by atoms with Gasteiger partial charge in [0.2, 0.25) is 0 Å². The van der Waals surface area contributed by atoms with E-state index in [0.717, 1.165) is 22.3 Å². The number of carbonyl (C=O) groups is 6. The van der Waals surface area contributed by atoms with Crippen LogP contribution in [-0.4, -0.2) is 101 Å². The molecule has 16 heteroatoms. The molecule has 0 spiro atoms. The van der Waals surface area contributed by atoms with Gasteiger partial charge in [0.1, 0.15) is 0 Å². The van der Waals surface area contributed by atoms with Gasteiger partial charge in [-0.25, -0.2) is 0 Å². The molecule has 4 aromatic rings. The molecule has 0 aliphatic heterocycles. The van der Waals surface area contributed by atoms with Gasteiger partial charge in [-0.3, -0.25) is 0 Å². The van der Waals surface area contributed by atoms with Crippen LogP contribution in [0.2, 0.25) is 9.63 Å². The van der Waals surface area contributed by atoms with Gasteiger partial charge < -0.3 is 0 Å². The molecule has 0 saturated carbocycles. The first-order valence-electron chi connectivity index (χ1n) is 19.1. The van der Waals surface area contributed by atoms with Crippen molar-refractivity contribution in [2.75, 3.05) is 14.2 Å². The molecule has 0 heterocycles. The van der Waals surface area contributed by atoms with Gasteiger partial charge in [0.15, 0.2) is 0 Å². The Kier molecular flexibility index (Phi) is 19.6. The summed E-state index contributed by atoms with van der Waals surface area (Å²) in [5.41, 5.74) is 3.08. The molecule has 318 valence electrons. The molecule has 4 aromatic carbocycles. The van der Waals surface area contributed by atoms with E-state index in [9.17, 15) is 28.8 Å². The Morgan fingerprint density at radius 3 is 1.07 bits per heavy atom.